The SMILES string of the molecule is O=C(NCc1cc(Br)cs1)c1ccc([N+](=O)[O-])s1. The van der Waals surface area contributed by atoms with Crippen LogP contribution in [0, 0.1) is 10.1 Å². The van der Waals surface area contributed by atoms with Crippen molar-refractivity contribution in [3.05, 3.63) is 47.9 Å². The van der Waals surface area contributed by atoms with Gasteiger partial charge >= 0.3 is 5.00 Å². The Balaban J connectivity index is 1.97. The third kappa shape index (κ3) is 3.15. The zero-order chi connectivity index (χ0) is 13.1. The molecule has 0 aliphatic carbocycles. The fourth-order valence-corrected chi connectivity index (χ4v) is 3.38. The fraction of sp³-hybridized carbons (Fsp3) is 0.100. The Morgan fingerprint density at radius 2 is 2.28 bits per heavy atom. The van der Waals surface area contributed by atoms with Crippen LogP contribution in [0.2, 0.25) is 0 Å². The van der Waals surface area contributed by atoms with Crippen LogP contribution in [0.1, 0.15) is 14.5 Å². The van der Waals surface area contributed by atoms with Crippen LogP contribution in [0.5, 0.6) is 0 Å². The van der Waals surface area contributed by atoms with Gasteiger partial charge in [0, 0.05) is 20.8 Å². The third-order valence-corrected chi connectivity index (χ3v) is 4.77. The molecule has 0 aromatic carbocycles. The Kier molecular flexibility index (Phi) is 4.10. The Labute approximate surface area is 119 Å². The van der Waals surface area contributed by atoms with E-state index < -0.39 is 4.92 Å². The number of amides is 1. The van der Waals surface area contributed by atoms with Crippen molar-refractivity contribution in [3.8, 4) is 0 Å². The van der Waals surface area contributed by atoms with Gasteiger partial charge in [-0.15, -0.1) is 11.3 Å². The molecule has 0 radical (unpaired) electrons. The predicted molar refractivity (Wildman–Crippen MR) is 74.2 cm³/mol. The summed E-state index contributed by atoms with van der Waals surface area (Å²) in [5, 5.41) is 15.1. The minimum Gasteiger partial charge on any atom is -0.346 e. The molecule has 0 spiro atoms. The van der Waals surface area contributed by atoms with E-state index in [-0.39, 0.29) is 10.9 Å². The number of hydrogen-bond acceptors (Lipinski definition) is 5. The Hall–Kier alpha value is -1.25. The van der Waals surface area contributed by atoms with Crippen molar-refractivity contribution in [1.29, 1.82) is 0 Å². The summed E-state index contributed by atoms with van der Waals surface area (Å²) in [5.41, 5.74) is 0. The maximum absolute atomic E-state index is 11.7. The molecule has 94 valence electrons. The van der Waals surface area contributed by atoms with Gasteiger partial charge in [0.05, 0.1) is 16.3 Å². The molecule has 0 bridgehead atoms. The van der Waals surface area contributed by atoms with Crippen LogP contribution in [0.4, 0.5) is 5.00 Å². The van der Waals surface area contributed by atoms with Gasteiger partial charge in [-0.2, -0.15) is 0 Å². The van der Waals surface area contributed by atoms with Crippen molar-refractivity contribution >= 4 is 49.5 Å². The molecule has 0 saturated heterocycles. The van der Waals surface area contributed by atoms with E-state index in [0.717, 1.165) is 20.7 Å². The van der Waals surface area contributed by atoms with E-state index in [4.69, 9.17) is 0 Å². The standard InChI is InChI=1S/C10H7BrN2O3S2/c11-6-3-7(17-5-6)4-12-10(14)8-1-2-9(18-8)13(15)16/h1-3,5H,4H2,(H,12,14). The molecule has 0 atom stereocenters. The van der Waals surface area contributed by atoms with Gasteiger partial charge in [-0.25, -0.2) is 0 Å². The largest absolute Gasteiger partial charge is 0.346 e. The summed E-state index contributed by atoms with van der Waals surface area (Å²) in [6.45, 7) is 0.417. The molecule has 2 aromatic rings. The molecule has 18 heavy (non-hydrogen) atoms. The first-order valence-corrected chi connectivity index (χ1v) is 7.30. The van der Waals surface area contributed by atoms with E-state index in [1.807, 2.05) is 11.4 Å². The third-order valence-electron chi connectivity index (χ3n) is 2.04. The fourth-order valence-electron chi connectivity index (χ4n) is 1.25. The van der Waals surface area contributed by atoms with E-state index >= 15 is 0 Å². The molecule has 0 saturated carbocycles. The van der Waals surface area contributed by atoms with Gasteiger partial charge < -0.3 is 5.32 Å². The minimum atomic E-state index is -0.502. The molecule has 2 heterocycles. The lowest BCUT2D eigenvalue weighted by molar-refractivity contribution is -0.380. The second kappa shape index (κ2) is 5.59. The first-order chi connectivity index (χ1) is 8.56. The molecule has 0 fully saturated rings. The predicted octanol–water partition coefficient (Wildman–Crippen LogP) is 3.41. The Morgan fingerprint density at radius 3 is 2.83 bits per heavy atom. The molecule has 2 aromatic heterocycles. The Morgan fingerprint density at radius 1 is 1.50 bits per heavy atom. The maximum atomic E-state index is 11.7. The van der Waals surface area contributed by atoms with Crippen LogP contribution in [0.3, 0.4) is 0 Å². The summed E-state index contributed by atoms with van der Waals surface area (Å²) in [6.07, 6.45) is 0. The number of carbonyl (C=O) groups is 1. The summed E-state index contributed by atoms with van der Waals surface area (Å²) in [6, 6.07) is 4.71. The molecule has 1 amide bonds. The molecular weight excluding hydrogens is 340 g/mol. The maximum Gasteiger partial charge on any atom is 0.324 e. The topological polar surface area (TPSA) is 72.2 Å². The van der Waals surface area contributed by atoms with Crippen LogP contribution in [-0.2, 0) is 6.54 Å². The van der Waals surface area contributed by atoms with Crippen LogP contribution in [0.15, 0.2) is 28.1 Å². The molecule has 5 nitrogen and oxygen atoms in total. The van der Waals surface area contributed by atoms with Crippen molar-refractivity contribution < 1.29 is 9.72 Å². The lowest BCUT2D eigenvalue weighted by Gasteiger charge is -2.00. The van der Waals surface area contributed by atoms with Crippen LogP contribution < -0.4 is 5.32 Å². The van der Waals surface area contributed by atoms with E-state index in [2.05, 4.69) is 21.2 Å². The number of carbonyl (C=O) groups excluding carboxylic acids is 1. The number of thiophene rings is 2. The summed E-state index contributed by atoms with van der Waals surface area (Å²) < 4.78 is 0.975. The highest BCUT2D eigenvalue weighted by atomic mass is 79.9. The number of nitrogens with zero attached hydrogens (tertiary/aromatic N) is 1. The highest BCUT2D eigenvalue weighted by molar-refractivity contribution is 9.10. The second-order valence-corrected chi connectivity index (χ2v) is 6.28. The quantitative estimate of drug-likeness (QED) is 0.680. The summed E-state index contributed by atoms with van der Waals surface area (Å²) in [4.78, 5) is 23.1. The van der Waals surface area contributed by atoms with Crippen molar-refractivity contribution in [1.82, 2.24) is 5.32 Å². The minimum absolute atomic E-state index is 0.0287. The van der Waals surface area contributed by atoms with Crippen molar-refractivity contribution in [2.45, 2.75) is 6.54 Å². The van der Waals surface area contributed by atoms with E-state index in [0.29, 0.717) is 11.4 Å². The number of halogens is 1. The van der Waals surface area contributed by atoms with Gasteiger partial charge in [0.25, 0.3) is 5.91 Å². The molecule has 0 aliphatic heterocycles. The van der Waals surface area contributed by atoms with Crippen molar-refractivity contribution in [3.63, 3.8) is 0 Å². The molecule has 0 unspecified atom stereocenters. The first-order valence-electron chi connectivity index (χ1n) is 4.81. The van der Waals surface area contributed by atoms with Crippen LogP contribution in [-0.4, -0.2) is 10.8 Å². The van der Waals surface area contributed by atoms with Gasteiger partial charge in [-0.05, 0) is 28.1 Å². The van der Waals surface area contributed by atoms with E-state index in [1.54, 1.807) is 0 Å². The number of nitrogens with one attached hydrogen (secondary N) is 1. The lowest BCUT2D eigenvalue weighted by Crippen LogP contribution is -2.21. The lowest BCUT2D eigenvalue weighted by atomic mass is 10.4. The van der Waals surface area contributed by atoms with Gasteiger partial charge in [-0.1, -0.05) is 11.3 Å². The van der Waals surface area contributed by atoms with Crippen molar-refractivity contribution in [2.75, 3.05) is 0 Å². The number of rotatable bonds is 4. The molecular formula is C10H7BrN2O3S2. The Bertz CT molecular complexity index is 593. The van der Waals surface area contributed by atoms with Gasteiger partial charge in [0.15, 0.2) is 0 Å². The zero-order valence-corrected chi connectivity index (χ0v) is 12.1. The molecule has 2 rings (SSSR count). The van der Waals surface area contributed by atoms with Gasteiger partial charge in [0.1, 0.15) is 0 Å². The highest BCUT2D eigenvalue weighted by Gasteiger charge is 2.14. The number of nitro groups is 1. The smallest absolute Gasteiger partial charge is 0.324 e. The average molecular weight is 347 g/mol. The van der Waals surface area contributed by atoms with Gasteiger partial charge in [0.2, 0.25) is 0 Å². The van der Waals surface area contributed by atoms with Gasteiger partial charge in [-0.3, -0.25) is 14.9 Å². The normalized spacial score (nSPS) is 10.3. The molecule has 8 heteroatoms. The highest BCUT2D eigenvalue weighted by Crippen LogP contribution is 2.24. The molecule has 0 aliphatic rings. The average Bonchev–Trinajstić information content (AvgIpc) is 2.94. The van der Waals surface area contributed by atoms with E-state index in [1.165, 1.54) is 23.5 Å². The monoisotopic (exact) mass is 346 g/mol. The summed E-state index contributed by atoms with van der Waals surface area (Å²) in [5.74, 6) is -0.294. The first kappa shape index (κ1) is 13.2. The number of hydrogen-bond donors (Lipinski definition) is 1. The van der Waals surface area contributed by atoms with Crippen LogP contribution >= 0.6 is 38.6 Å². The second-order valence-electron chi connectivity index (χ2n) is 3.31. The van der Waals surface area contributed by atoms with Crippen molar-refractivity contribution in [2.24, 2.45) is 0 Å². The van der Waals surface area contributed by atoms with E-state index in [9.17, 15) is 14.9 Å². The zero-order valence-electron chi connectivity index (χ0n) is 8.88. The summed E-state index contributed by atoms with van der Waals surface area (Å²) in [7, 11) is 0. The summed E-state index contributed by atoms with van der Waals surface area (Å²) >= 11 is 5.73. The van der Waals surface area contributed by atoms with Crippen LogP contribution in [0.25, 0.3) is 0 Å². The molecule has 1 N–H and O–H groups in total.